The molecule has 2 heterocycles. The second kappa shape index (κ2) is 7.24. The van der Waals surface area contributed by atoms with Gasteiger partial charge in [0.25, 0.3) is 0 Å². The summed E-state index contributed by atoms with van der Waals surface area (Å²) in [6.45, 7) is 0. The lowest BCUT2D eigenvalue weighted by Crippen LogP contribution is -2.05. The lowest BCUT2D eigenvalue weighted by molar-refractivity contribution is 0.0697. The van der Waals surface area contributed by atoms with Crippen molar-refractivity contribution in [3.05, 3.63) is 65.6 Å². The zero-order valence-corrected chi connectivity index (χ0v) is 15.5. The molecule has 28 heavy (non-hydrogen) atoms. The number of fused-ring (bicyclic) bond motifs is 1. The first kappa shape index (κ1) is 17.9. The van der Waals surface area contributed by atoms with Gasteiger partial charge in [-0.05, 0) is 36.4 Å². The predicted molar refractivity (Wildman–Crippen MR) is 106 cm³/mol. The number of carboxylic acids is 1. The van der Waals surface area contributed by atoms with E-state index in [0.717, 1.165) is 0 Å². The minimum Gasteiger partial charge on any atom is -0.497 e. The molecule has 140 valence electrons. The van der Waals surface area contributed by atoms with Crippen LogP contribution in [0.4, 0.5) is 15.8 Å². The first-order chi connectivity index (χ1) is 13.6. The normalized spacial score (nSPS) is 10.8. The lowest BCUT2D eigenvalue weighted by Gasteiger charge is -2.16. The van der Waals surface area contributed by atoms with Crippen molar-refractivity contribution in [3.63, 3.8) is 0 Å². The summed E-state index contributed by atoms with van der Waals surface area (Å²) in [6.07, 6.45) is 3.31. The van der Waals surface area contributed by atoms with Crippen LogP contribution in [0.15, 0.2) is 54.2 Å². The number of rotatable bonds is 5. The number of nitrogens with one attached hydrogen (secondary N) is 1. The van der Waals surface area contributed by atoms with E-state index in [1.807, 2.05) is 5.38 Å². The third-order valence-corrected chi connectivity index (χ3v) is 5.02. The van der Waals surface area contributed by atoms with Gasteiger partial charge in [0.15, 0.2) is 0 Å². The van der Waals surface area contributed by atoms with Crippen molar-refractivity contribution in [3.8, 4) is 16.3 Å². The van der Waals surface area contributed by atoms with Gasteiger partial charge in [-0.2, -0.15) is 0 Å². The molecular weight excluding hydrogens is 381 g/mol. The quantitative estimate of drug-likeness (QED) is 0.498. The molecule has 0 radical (unpaired) electrons. The molecule has 0 fully saturated rings. The van der Waals surface area contributed by atoms with Crippen molar-refractivity contribution >= 4 is 39.6 Å². The van der Waals surface area contributed by atoms with Gasteiger partial charge in [-0.3, -0.25) is 4.98 Å². The summed E-state index contributed by atoms with van der Waals surface area (Å²) in [6, 6.07) is 8.97. The molecule has 2 aromatic heterocycles. The summed E-state index contributed by atoms with van der Waals surface area (Å²) >= 11 is 1.41. The van der Waals surface area contributed by atoms with Gasteiger partial charge in [0.05, 0.1) is 35.1 Å². The molecule has 0 aliphatic heterocycles. The van der Waals surface area contributed by atoms with Crippen LogP contribution in [0, 0.1) is 5.82 Å². The summed E-state index contributed by atoms with van der Waals surface area (Å²) in [7, 11) is 1.47. The van der Waals surface area contributed by atoms with Gasteiger partial charge in [-0.15, -0.1) is 11.3 Å². The standard InChI is InChI=1S/C20H14FN3O3S/c1-27-12-3-5-17(14(9-12)20(25)26)24-18-13-8-11(21)2-4-16(13)23-10-15(18)19-22-6-7-28-19/h2-10H,1H3,(H,23,24)(H,25,26). The second-order valence-corrected chi connectivity index (χ2v) is 6.78. The number of benzene rings is 2. The van der Waals surface area contributed by atoms with Crippen molar-refractivity contribution in [2.45, 2.75) is 0 Å². The second-order valence-electron chi connectivity index (χ2n) is 5.89. The number of hydrogen-bond acceptors (Lipinski definition) is 6. The molecule has 0 saturated heterocycles. The zero-order valence-electron chi connectivity index (χ0n) is 14.6. The molecule has 4 aromatic rings. The van der Waals surface area contributed by atoms with E-state index >= 15 is 0 Å². The zero-order chi connectivity index (χ0) is 19.7. The minimum atomic E-state index is -1.11. The van der Waals surface area contributed by atoms with Crippen LogP contribution in [0.25, 0.3) is 21.5 Å². The average Bonchev–Trinajstić information content (AvgIpc) is 3.23. The molecule has 2 N–H and O–H groups in total. The number of thiazole rings is 1. The summed E-state index contributed by atoms with van der Waals surface area (Å²) in [5, 5.41) is 15.8. The van der Waals surface area contributed by atoms with E-state index < -0.39 is 11.8 Å². The van der Waals surface area contributed by atoms with Crippen LogP contribution in [0.1, 0.15) is 10.4 Å². The number of carbonyl (C=O) groups is 1. The highest BCUT2D eigenvalue weighted by molar-refractivity contribution is 7.13. The highest BCUT2D eigenvalue weighted by Gasteiger charge is 2.17. The summed E-state index contributed by atoms with van der Waals surface area (Å²) in [5.41, 5.74) is 2.15. The minimum absolute atomic E-state index is 0.0332. The Morgan fingerprint density at radius 1 is 1.21 bits per heavy atom. The van der Waals surface area contributed by atoms with Crippen molar-refractivity contribution < 1.29 is 19.0 Å². The number of nitrogens with zero attached hydrogens (tertiary/aromatic N) is 2. The first-order valence-corrected chi connectivity index (χ1v) is 9.11. The number of carboxylic acid groups (broad SMARTS) is 1. The fourth-order valence-corrected chi connectivity index (χ4v) is 3.54. The number of methoxy groups -OCH3 is 1. The van der Waals surface area contributed by atoms with Crippen molar-refractivity contribution in [1.29, 1.82) is 0 Å². The molecule has 6 nitrogen and oxygen atoms in total. The van der Waals surface area contributed by atoms with Crippen LogP contribution in [0.3, 0.4) is 0 Å². The van der Waals surface area contributed by atoms with Gasteiger partial charge >= 0.3 is 5.97 Å². The highest BCUT2D eigenvalue weighted by atomic mass is 32.1. The van der Waals surface area contributed by atoms with Crippen LogP contribution in [0.5, 0.6) is 5.75 Å². The van der Waals surface area contributed by atoms with E-state index in [2.05, 4.69) is 15.3 Å². The SMILES string of the molecule is COc1ccc(Nc2c(-c3nccs3)cnc3ccc(F)cc23)c(C(=O)O)c1. The Kier molecular flexibility index (Phi) is 4.62. The molecule has 4 rings (SSSR count). The molecule has 0 saturated carbocycles. The largest absolute Gasteiger partial charge is 0.497 e. The van der Waals surface area contributed by atoms with Gasteiger partial charge in [0.2, 0.25) is 0 Å². The van der Waals surface area contributed by atoms with E-state index in [1.165, 1.54) is 36.6 Å². The van der Waals surface area contributed by atoms with Crippen LogP contribution >= 0.6 is 11.3 Å². The van der Waals surface area contributed by atoms with Gasteiger partial charge in [0, 0.05) is 23.2 Å². The van der Waals surface area contributed by atoms with Crippen LogP contribution in [-0.4, -0.2) is 28.2 Å². The van der Waals surface area contributed by atoms with E-state index in [4.69, 9.17) is 4.74 Å². The van der Waals surface area contributed by atoms with Gasteiger partial charge in [0.1, 0.15) is 16.6 Å². The fourth-order valence-electron chi connectivity index (χ4n) is 2.89. The Labute approximate surface area is 163 Å². The molecule has 0 bridgehead atoms. The molecular formula is C20H14FN3O3S. The third kappa shape index (κ3) is 3.25. The number of ether oxygens (including phenoxy) is 1. The predicted octanol–water partition coefficient (Wildman–Crippen LogP) is 4.95. The van der Waals surface area contributed by atoms with E-state index in [1.54, 1.807) is 30.6 Å². The van der Waals surface area contributed by atoms with Crippen LogP contribution in [-0.2, 0) is 0 Å². The van der Waals surface area contributed by atoms with E-state index in [9.17, 15) is 14.3 Å². The van der Waals surface area contributed by atoms with Crippen LogP contribution in [0.2, 0.25) is 0 Å². The highest BCUT2D eigenvalue weighted by Crippen LogP contribution is 2.38. The number of aromatic nitrogens is 2. The molecule has 0 aliphatic carbocycles. The first-order valence-electron chi connectivity index (χ1n) is 8.23. The molecule has 0 amide bonds. The van der Waals surface area contributed by atoms with E-state index in [0.29, 0.717) is 38.6 Å². The molecule has 0 aliphatic rings. The number of hydrogen-bond donors (Lipinski definition) is 2. The maximum Gasteiger partial charge on any atom is 0.337 e. The Morgan fingerprint density at radius 3 is 2.79 bits per heavy atom. The maximum atomic E-state index is 14.0. The molecule has 0 atom stereocenters. The molecule has 2 aromatic carbocycles. The average molecular weight is 395 g/mol. The maximum absolute atomic E-state index is 14.0. The summed E-state index contributed by atoms with van der Waals surface area (Å²) in [4.78, 5) is 20.4. The number of halogens is 1. The number of aromatic carboxylic acids is 1. The Morgan fingerprint density at radius 2 is 2.07 bits per heavy atom. The third-order valence-electron chi connectivity index (χ3n) is 4.21. The Bertz CT molecular complexity index is 1180. The van der Waals surface area contributed by atoms with Crippen molar-refractivity contribution in [2.24, 2.45) is 0 Å². The van der Waals surface area contributed by atoms with E-state index in [-0.39, 0.29) is 5.56 Å². The van der Waals surface area contributed by atoms with Gasteiger partial charge in [-0.25, -0.2) is 14.2 Å². The Balaban J connectivity index is 1.94. The number of anilines is 2. The topological polar surface area (TPSA) is 84.3 Å². The van der Waals surface area contributed by atoms with Crippen LogP contribution < -0.4 is 10.1 Å². The molecule has 0 spiro atoms. The molecule has 8 heteroatoms. The smallest absolute Gasteiger partial charge is 0.337 e. The number of pyridine rings is 1. The summed E-state index contributed by atoms with van der Waals surface area (Å²) in [5.74, 6) is -1.10. The van der Waals surface area contributed by atoms with Gasteiger partial charge in [-0.1, -0.05) is 0 Å². The Hall–Kier alpha value is -3.52. The lowest BCUT2D eigenvalue weighted by atomic mass is 10.1. The van der Waals surface area contributed by atoms with Crippen molar-refractivity contribution in [1.82, 2.24) is 9.97 Å². The molecule has 0 unspecified atom stereocenters. The van der Waals surface area contributed by atoms with Crippen molar-refractivity contribution in [2.75, 3.05) is 12.4 Å². The monoisotopic (exact) mass is 395 g/mol. The summed E-state index contributed by atoms with van der Waals surface area (Å²) < 4.78 is 19.1. The van der Waals surface area contributed by atoms with Gasteiger partial charge < -0.3 is 15.2 Å². The fraction of sp³-hybridized carbons (Fsp3) is 0.0500.